The molecule has 2 fully saturated rings. The minimum absolute atomic E-state index is 0.0938. The molecule has 0 radical (unpaired) electrons. The number of halogens is 2. The largest absolute Gasteiger partial charge is 0.366 e. The van der Waals surface area contributed by atoms with Gasteiger partial charge in [0.25, 0.3) is 5.91 Å². The van der Waals surface area contributed by atoms with Crippen molar-refractivity contribution in [1.29, 1.82) is 0 Å². The summed E-state index contributed by atoms with van der Waals surface area (Å²) in [5, 5.41) is 3.17. The number of benzene rings is 1. The number of aromatic amines is 1. The van der Waals surface area contributed by atoms with Crippen LogP contribution in [0.1, 0.15) is 48.5 Å². The first-order valence-corrected chi connectivity index (χ1v) is 9.73. The number of carbonyl (C=O) groups excluding carboxylic acids is 1. The van der Waals surface area contributed by atoms with Crippen LogP contribution in [-0.2, 0) is 5.41 Å². The molecule has 1 aliphatic heterocycles. The Morgan fingerprint density at radius 1 is 1.32 bits per heavy atom. The van der Waals surface area contributed by atoms with Crippen molar-refractivity contribution in [2.75, 3.05) is 13.1 Å². The second-order valence-corrected chi connectivity index (χ2v) is 8.46. The zero-order chi connectivity index (χ0) is 19.6. The number of H-pyrrole nitrogens is 1. The fraction of sp³-hybridized carbons (Fsp3) is 0.500. The van der Waals surface area contributed by atoms with Gasteiger partial charge in [-0.15, -0.1) is 0 Å². The van der Waals surface area contributed by atoms with Crippen LogP contribution >= 0.6 is 0 Å². The van der Waals surface area contributed by atoms with Crippen LogP contribution in [0.25, 0.3) is 16.7 Å². The molecule has 1 saturated heterocycles. The van der Waals surface area contributed by atoms with E-state index in [1.165, 1.54) is 6.07 Å². The number of hydrogen-bond acceptors (Lipinski definition) is 3. The molecular formula is C20H23F2N5O. The maximum atomic E-state index is 13.9. The second-order valence-electron chi connectivity index (χ2n) is 8.46. The molecular weight excluding hydrogens is 364 g/mol. The summed E-state index contributed by atoms with van der Waals surface area (Å²) in [6.45, 7) is 4.06. The quantitative estimate of drug-likeness (QED) is 0.725. The maximum Gasteiger partial charge on any atom is 0.251 e. The zero-order valence-corrected chi connectivity index (χ0v) is 15.7. The Bertz CT molecular complexity index is 1070. The molecule has 1 saturated carbocycles. The third-order valence-corrected chi connectivity index (χ3v) is 6.68. The van der Waals surface area contributed by atoms with Crippen molar-refractivity contribution in [2.24, 2.45) is 5.73 Å². The Morgan fingerprint density at radius 2 is 2.04 bits per heavy atom. The lowest BCUT2D eigenvalue weighted by Crippen LogP contribution is -2.51. The summed E-state index contributed by atoms with van der Waals surface area (Å²) in [5.74, 6) is -1.22. The van der Waals surface area contributed by atoms with Crippen LogP contribution in [0.2, 0.25) is 0 Å². The smallest absolute Gasteiger partial charge is 0.251 e. The molecule has 2 aliphatic rings. The molecule has 3 N–H and O–H groups in total. The molecule has 0 spiro atoms. The van der Waals surface area contributed by atoms with Crippen molar-refractivity contribution >= 4 is 22.6 Å². The second kappa shape index (κ2) is 6.01. The van der Waals surface area contributed by atoms with E-state index in [9.17, 15) is 13.6 Å². The number of hydrogen-bond donors (Lipinski definition) is 2. The number of alkyl halides is 1. The number of imidazole rings is 1. The number of carbonyl (C=O) groups is 1. The lowest BCUT2D eigenvalue weighted by Gasteiger charge is -2.46. The first-order chi connectivity index (χ1) is 13.4. The van der Waals surface area contributed by atoms with E-state index >= 15 is 0 Å². The molecule has 5 rings (SSSR count). The summed E-state index contributed by atoms with van der Waals surface area (Å²) >= 11 is 0. The number of nitrogens with two attached hydrogens (primary N) is 1. The molecule has 0 unspecified atom stereocenters. The molecule has 28 heavy (non-hydrogen) atoms. The summed E-state index contributed by atoms with van der Waals surface area (Å²) in [5.41, 5.74) is 8.13. The Kier molecular flexibility index (Phi) is 3.78. The third kappa shape index (κ3) is 2.54. The monoisotopic (exact) mass is 387 g/mol. The highest BCUT2D eigenvalue weighted by molar-refractivity contribution is 6.05. The van der Waals surface area contributed by atoms with Gasteiger partial charge >= 0.3 is 0 Å². The van der Waals surface area contributed by atoms with Gasteiger partial charge in [-0.2, -0.15) is 0 Å². The first-order valence-electron chi connectivity index (χ1n) is 9.73. The molecule has 3 aromatic rings. The standard InChI is InChI=1S/C20H23F2N5O/c1-20(2-4-26(5-3-20)13-6-11(21)7-13)15-10-24-27-17-14(18(23)28)8-12(22)9-16(17)25-19(15)27/h8-11,13,24H,2-7H2,1H3,(H2,23,28). The van der Waals surface area contributed by atoms with E-state index in [1.807, 2.05) is 6.20 Å². The SMILES string of the molecule is CC1(c2c[nH]n3c2nc2cc(F)cc(C(N)=O)c23)CCN(C2CC(F)C2)CC1. The number of rotatable bonds is 3. The molecule has 0 atom stereocenters. The molecule has 8 heteroatoms. The number of nitrogens with one attached hydrogen (secondary N) is 1. The van der Waals surface area contributed by atoms with E-state index in [2.05, 4.69) is 21.9 Å². The van der Waals surface area contributed by atoms with Crippen molar-refractivity contribution in [1.82, 2.24) is 19.5 Å². The molecule has 6 nitrogen and oxygen atoms in total. The van der Waals surface area contributed by atoms with E-state index in [4.69, 9.17) is 5.73 Å². The van der Waals surface area contributed by atoms with E-state index < -0.39 is 17.9 Å². The zero-order valence-electron chi connectivity index (χ0n) is 15.7. The lowest BCUT2D eigenvalue weighted by molar-refractivity contribution is 0.0274. The number of nitrogens with zero attached hydrogens (tertiary/aromatic N) is 3. The molecule has 0 bridgehead atoms. The predicted molar refractivity (Wildman–Crippen MR) is 102 cm³/mol. The Balaban J connectivity index is 1.51. The van der Waals surface area contributed by atoms with Crippen LogP contribution in [0.15, 0.2) is 18.3 Å². The third-order valence-electron chi connectivity index (χ3n) is 6.68. The van der Waals surface area contributed by atoms with Gasteiger partial charge in [0.2, 0.25) is 0 Å². The van der Waals surface area contributed by atoms with Crippen LogP contribution in [0, 0.1) is 5.82 Å². The van der Waals surface area contributed by atoms with Crippen LogP contribution in [-0.4, -0.2) is 50.7 Å². The summed E-state index contributed by atoms with van der Waals surface area (Å²) in [4.78, 5) is 18.8. The van der Waals surface area contributed by atoms with Gasteiger partial charge in [-0.1, -0.05) is 6.92 Å². The van der Waals surface area contributed by atoms with Crippen molar-refractivity contribution in [3.63, 3.8) is 0 Å². The molecule has 1 amide bonds. The fourth-order valence-electron chi connectivity index (χ4n) is 4.78. The number of likely N-dealkylation sites (tertiary alicyclic amines) is 1. The molecule has 3 heterocycles. The van der Waals surface area contributed by atoms with E-state index in [0.29, 0.717) is 35.6 Å². The van der Waals surface area contributed by atoms with Crippen LogP contribution in [0.3, 0.4) is 0 Å². The van der Waals surface area contributed by atoms with E-state index in [-0.39, 0.29) is 11.0 Å². The maximum absolute atomic E-state index is 13.9. The first kappa shape index (κ1) is 17.6. The highest BCUT2D eigenvalue weighted by Gasteiger charge is 2.40. The molecule has 148 valence electrons. The van der Waals surface area contributed by atoms with Crippen LogP contribution < -0.4 is 5.73 Å². The fourth-order valence-corrected chi connectivity index (χ4v) is 4.78. The summed E-state index contributed by atoms with van der Waals surface area (Å²) in [6.07, 6.45) is 4.46. The van der Waals surface area contributed by atoms with Gasteiger partial charge in [-0.3, -0.25) is 9.89 Å². The molecule has 2 aromatic heterocycles. The van der Waals surface area contributed by atoms with Crippen molar-refractivity contribution < 1.29 is 13.6 Å². The van der Waals surface area contributed by atoms with Gasteiger partial charge < -0.3 is 10.6 Å². The lowest BCUT2D eigenvalue weighted by atomic mass is 9.74. The minimum Gasteiger partial charge on any atom is -0.366 e. The Labute approximate surface area is 160 Å². The highest BCUT2D eigenvalue weighted by Crippen LogP contribution is 2.40. The number of amides is 1. The summed E-state index contributed by atoms with van der Waals surface area (Å²) < 4.78 is 28.8. The number of fused-ring (bicyclic) bond motifs is 3. The molecule has 1 aliphatic carbocycles. The average Bonchev–Trinajstić information content (AvgIpc) is 3.18. The van der Waals surface area contributed by atoms with Crippen molar-refractivity contribution in [3.8, 4) is 0 Å². The number of aromatic nitrogens is 3. The number of primary amides is 1. The van der Waals surface area contributed by atoms with E-state index in [0.717, 1.165) is 37.6 Å². The average molecular weight is 387 g/mol. The Morgan fingerprint density at radius 3 is 2.68 bits per heavy atom. The van der Waals surface area contributed by atoms with Gasteiger partial charge in [0.05, 0.1) is 11.1 Å². The van der Waals surface area contributed by atoms with Crippen LogP contribution in [0.4, 0.5) is 8.78 Å². The van der Waals surface area contributed by atoms with Gasteiger partial charge in [0, 0.05) is 29.3 Å². The summed E-state index contributed by atoms with van der Waals surface area (Å²) in [7, 11) is 0. The van der Waals surface area contributed by atoms with Gasteiger partial charge in [0.15, 0.2) is 5.65 Å². The van der Waals surface area contributed by atoms with Crippen molar-refractivity contribution in [3.05, 3.63) is 35.3 Å². The minimum atomic E-state index is -0.686. The summed E-state index contributed by atoms with van der Waals surface area (Å²) in [6, 6.07) is 2.85. The normalized spacial score (nSPS) is 25.2. The van der Waals surface area contributed by atoms with Gasteiger partial charge in [-0.25, -0.2) is 18.3 Å². The Hall–Kier alpha value is -2.48. The van der Waals surface area contributed by atoms with Gasteiger partial charge in [0.1, 0.15) is 17.5 Å². The van der Waals surface area contributed by atoms with Crippen LogP contribution in [0.5, 0.6) is 0 Å². The van der Waals surface area contributed by atoms with Gasteiger partial charge in [-0.05, 0) is 44.8 Å². The highest BCUT2D eigenvalue weighted by atomic mass is 19.1. The van der Waals surface area contributed by atoms with E-state index in [1.54, 1.807) is 4.52 Å². The molecule has 1 aromatic carbocycles. The predicted octanol–water partition coefficient (Wildman–Crippen LogP) is 2.91. The topological polar surface area (TPSA) is 79.4 Å². The van der Waals surface area contributed by atoms with Crippen molar-refractivity contribution in [2.45, 2.75) is 50.2 Å². The number of piperidine rings is 1.